The summed E-state index contributed by atoms with van der Waals surface area (Å²) < 4.78 is 10.6. The number of nitrogens with zero attached hydrogens (tertiary/aromatic N) is 1. The van der Waals surface area contributed by atoms with Crippen molar-refractivity contribution in [2.45, 2.75) is 12.3 Å². The predicted molar refractivity (Wildman–Crippen MR) is 57.2 cm³/mol. The van der Waals surface area contributed by atoms with Crippen LogP contribution in [-0.2, 0) is 0 Å². The lowest BCUT2D eigenvalue weighted by molar-refractivity contribution is 0.381. The maximum Gasteiger partial charge on any atom is 0.144 e. The van der Waals surface area contributed by atoms with Gasteiger partial charge in [0.1, 0.15) is 11.5 Å². The molecule has 2 atom stereocenters. The van der Waals surface area contributed by atoms with E-state index in [1.807, 2.05) is 0 Å². The van der Waals surface area contributed by atoms with E-state index in [2.05, 4.69) is 4.98 Å². The minimum Gasteiger partial charge on any atom is -0.495 e. The maximum absolute atomic E-state index is 5.65. The monoisotopic (exact) mass is 208 g/mol. The summed E-state index contributed by atoms with van der Waals surface area (Å²) in [6, 6.07) is 0. The van der Waals surface area contributed by atoms with Crippen LogP contribution in [0.1, 0.15) is 17.9 Å². The molecule has 0 unspecified atom stereocenters. The standard InChI is InChI=1S/C11H16N2O2/c1-14-9-5-13-6-10(15-2)11(9)8-3-7(8)4-12/h5-8H,3-4,12H2,1-2H3/t7-,8+/m0/s1. The van der Waals surface area contributed by atoms with Crippen molar-refractivity contribution in [3.05, 3.63) is 18.0 Å². The summed E-state index contributed by atoms with van der Waals surface area (Å²) in [5.41, 5.74) is 6.76. The summed E-state index contributed by atoms with van der Waals surface area (Å²) in [4.78, 5) is 4.07. The molecular weight excluding hydrogens is 192 g/mol. The van der Waals surface area contributed by atoms with Gasteiger partial charge < -0.3 is 15.2 Å². The van der Waals surface area contributed by atoms with E-state index in [1.165, 1.54) is 0 Å². The molecule has 4 heteroatoms. The molecule has 0 radical (unpaired) electrons. The zero-order valence-electron chi connectivity index (χ0n) is 9.06. The lowest BCUT2D eigenvalue weighted by atomic mass is 10.1. The highest BCUT2D eigenvalue weighted by molar-refractivity contribution is 5.47. The quantitative estimate of drug-likeness (QED) is 0.806. The zero-order valence-corrected chi connectivity index (χ0v) is 9.06. The number of ether oxygens (including phenoxy) is 2. The fourth-order valence-electron chi connectivity index (χ4n) is 1.99. The van der Waals surface area contributed by atoms with Crippen molar-refractivity contribution in [2.75, 3.05) is 20.8 Å². The molecule has 0 bridgehead atoms. The summed E-state index contributed by atoms with van der Waals surface area (Å²) in [6.07, 6.45) is 4.57. The van der Waals surface area contributed by atoms with Crippen LogP contribution < -0.4 is 15.2 Å². The smallest absolute Gasteiger partial charge is 0.144 e. The summed E-state index contributed by atoms with van der Waals surface area (Å²) >= 11 is 0. The van der Waals surface area contributed by atoms with Gasteiger partial charge >= 0.3 is 0 Å². The van der Waals surface area contributed by atoms with Crippen LogP contribution in [0.5, 0.6) is 11.5 Å². The van der Waals surface area contributed by atoms with Crippen LogP contribution in [0.4, 0.5) is 0 Å². The van der Waals surface area contributed by atoms with Gasteiger partial charge in [0.05, 0.1) is 26.6 Å². The highest BCUT2D eigenvalue weighted by Crippen LogP contribution is 2.52. The van der Waals surface area contributed by atoms with Gasteiger partial charge in [0, 0.05) is 5.56 Å². The second kappa shape index (κ2) is 4.06. The fraction of sp³-hybridized carbons (Fsp3) is 0.545. The molecule has 2 rings (SSSR count). The maximum atomic E-state index is 5.65. The Bertz CT molecular complexity index is 332. The van der Waals surface area contributed by atoms with Crippen molar-refractivity contribution in [1.82, 2.24) is 4.98 Å². The molecule has 2 N–H and O–H groups in total. The van der Waals surface area contributed by atoms with Gasteiger partial charge in [-0.05, 0) is 24.8 Å². The average Bonchev–Trinajstić information content (AvgIpc) is 3.06. The first-order valence-electron chi connectivity index (χ1n) is 5.07. The summed E-state index contributed by atoms with van der Waals surface area (Å²) in [7, 11) is 3.31. The van der Waals surface area contributed by atoms with Crippen LogP contribution in [0.2, 0.25) is 0 Å². The molecule has 0 aliphatic heterocycles. The van der Waals surface area contributed by atoms with Gasteiger partial charge in [-0.3, -0.25) is 4.98 Å². The van der Waals surface area contributed by atoms with E-state index >= 15 is 0 Å². The highest BCUT2D eigenvalue weighted by atomic mass is 16.5. The highest BCUT2D eigenvalue weighted by Gasteiger charge is 2.40. The molecule has 1 aromatic rings. The predicted octanol–water partition coefficient (Wildman–Crippen LogP) is 1.16. The van der Waals surface area contributed by atoms with Gasteiger partial charge in [-0.1, -0.05) is 0 Å². The molecule has 1 aliphatic rings. The minimum absolute atomic E-state index is 0.475. The van der Waals surface area contributed by atoms with Crippen LogP contribution in [0, 0.1) is 5.92 Å². The average molecular weight is 208 g/mol. The first-order valence-corrected chi connectivity index (χ1v) is 5.07. The molecule has 0 amide bonds. The molecule has 1 aromatic heterocycles. The molecular formula is C11H16N2O2. The second-order valence-electron chi connectivity index (χ2n) is 3.80. The van der Waals surface area contributed by atoms with Gasteiger partial charge in [0.15, 0.2) is 0 Å². The number of hydrogen-bond acceptors (Lipinski definition) is 4. The van der Waals surface area contributed by atoms with Gasteiger partial charge in [0.25, 0.3) is 0 Å². The molecule has 4 nitrogen and oxygen atoms in total. The molecule has 1 aliphatic carbocycles. The number of hydrogen-bond donors (Lipinski definition) is 1. The number of pyridine rings is 1. The van der Waals surface area contributed by atoms with E-state index in [4.69, 9.17) is 15.2 Å². The van der Waals surface area contributed by atoms with Crippen molar-refractivity contribution in [3.8, 4) is 11.5 Å². The SMILES string of the molecule is COc1cncc(OC)c1[C@@H]1C[C@H]1CN. The molecule has 1 fully saturated rings. The van der Waals surface area contributed by atoms with Crippen molar-refractivity contribution >= 4 is 0 Å². The van der Waals surface area contributed by atoms with Crippen molar-refractivity contribution in [1.29, 1.82) is 0 Å². The van der Waals surface area contributed by atoms with Gasteiger partial charge in [-0.15, -0.1) is 0 Å². The van der Waals surface area contributed by atoms with E-state index in [0.29, 0.717) is 11.8 Å². The van der Waals surface area contributed by atoms with E-state index in [-0.39, 0.29) is 0 Å². The first-order chi connectivity index (χ1) is 7.31. The molecule has 1 heterocycles. The number of rotatable bonds is 4. The Hall–Kier alpha value is -1.29. The van der Waals surface area contributed by atoms with E-state index < -0.39 is 0 Å². The topological polar surface area (TPSA) is 57.4 Å². The summed E-state index contributed by atoms with van der Waals surface area (Å²) in [5.74, 6) is 2.64. The van der Waals surface area contributed by atoms with Gasteiger partial charge in [-0.25, -0.2) is 0 Å². The zero-order chi connectivity index (χ0) is 10.8. The van der Waals surface area contributed by atoms with Crippen LogP contribution in [0.3, 0.4) is 0 Å². The Morgan fingerprint density at radius 2 is 1.93 bits per heavy atom. The number of nitrogens with two attached hydrogens (primary N) is 1. The van der Waals surface area contributed by atoms with Crippen LogP contribution >= 0.6 is 0 Å². The van der Waals surface area contributed by atoms with Crippen LogP contribution in [-0.4, -0.2) is 25.7 Å². The van der Waals surface area contributed by atoms with E-state index in [0.717, 1.165) is 30.0 Å². The largest absolute Gasteiger partial charge is 0.495 e. The van der Waals surface area contributed by atoms with E-state index in [9.17, 15) is 0 Å². The fourth-order valence-corrected chi connectivity index (χ4v) is 1.99. The molecule has 1 saturated carbocycles. The van der Waals surface area contributed by atoms with E-state index in [1.54, 1.807) is 26.6 Å². The van der Waals surface area contributed by atoms with Crippen molar-refractivity contribution in [2.24, 2.45) is 11.7 Å². The lowest BCUT2D eigenvalue weighted by Gasteiger charge is -2.11. The normalized spacial score (nSPS) is 23.7. The Labute approximate surface area is 89.4 Å². The minimum atomic E-state index is 0.475. The molecule has 0 spiro atoms. The van der Waals surface area contributed by atoms with Gasteiger partial charge in [0.2, 0.25) is 0 Å². The third-order valence-corrected chi connectivity index (χ3v) is 2.95. The third kappa shape index (κ3) is 1.77. The Balaban J connectivity index is 2.34. The molecule has 82 valence electrons. The molecule has 15 heavy (non-hydrogen) atoms. The Kier molecular flexibility index (Phi) is 2.77. The lowest BCUT2D eigenvalue weighted by Crippen LogP contribution is -2.04. The molecule has 0 saturated heterocycles. The first kappa shape index (κ1) is 10.2. The van der Waals surface area contributed by atoms with Crippen LogP contribution in [0.15, 0.2) is 12.4 Å². The second-order valence-corrected chi connectivity index (χ2v) is 3.80. The van der Waals surface area contributed by atoms with Crippen molar-refractivity contribution < 1.29 is 9.47 Å². The molecule has 0 aromatic carbocycles. The van der Waals surface area contributed by atoms with Crippen molar-refractivity contribution in [3.63, 3.8) is 0 Å². The number of methoxy groups -OCH3 is 2. The van der Waals surface area contributed by atoms with Gasteiger partial charge in [-0.2, -0.15) is 0 Å². The summed E-state index contributed by atoms with van der Waals surface area (Å²) in [6.45, 7) is 0.722. The Morgan fingerprint density at radius 1 is 1.33 bits per heavy atom. The Morgan fingerprint density at radius 3 is 2.33 bits per heavy atom. The summed E-state index contributed by atoms with van der Waals surface area (Å²) in [5, 5.41) is 0. The van der Waals surface area contributed by atoms with Crippen LogP contribution in [0.25, 0.3) is 0 Å². The number of aromatic nitrogens is 1. The third-order valence-electron chi connectivity index (χ3n) is 2.95.